The van der Waals surface area contributed by atoms with Crippen LogP contribution in [0.25, 0.3) is 0 Å². The first-order valence-electron chi connectivity index (χ1n) is 9.54. The number of aromatic nitrogens is 2. The summed E-state index contributed by atoms with van der Waals surface area (Å²) in [7, 11) is 2.18. The fraction of sp³-hybridized carbons (Fsp3) is 0.450. The molecule has 0 unspecified atom stereocenters. The number of rotatable bonds is 4. The fourth-order valence-corrected chi connectivity index (χ4v) is 3.41. The lowest BCUT2D eigenvalue weighted by atomic mass is 10.2. The lowest BCUT2D eigenvalue weighted by Crippen LogP contribution is -2.44. The van der Waals surface area contributed by atoms with Crippen LogP contribution in [0, 0.1) is 0 Å². The van der Waals surface area contributed by atoms with Gasteiger partial charge in [-0.3, -0.25) is 4.99 Å². The third-order valence-corrected chi connectivity index (χ3v) is 5.15. The molecule has 7 heteroatoms. The molecule has 1 saturated heterocycles. The topological polar surface area (TPSA) is 59.9 Å². The number of nitrogens with zero attached hydrogens (tertiary/aromatic N) is 6. The Kier molecular flexibility index (Phi) is 4.94. The Morgan fingerprint density at radius 2 is 1.78 bits per heavy atom. The van der Waals surface area contributed by atoms with Crippen LogP contribution in [0.4, 0.5) is 23.1 Å². The molecule has 7 nitrogen and oxygen atoms in total. The molecule has 0 radical (unpaired) electrons. The maximum Gasteiger partial charge on any atom is 0.229 e. The summed E-state index contributed by atoms with van der Waals surface area (Å²) >= 11 is 0. The second-order valence-corrected chi connectivity index (χ2v) is 7.45. The highest BCUT2D eigenvalue weighted by Crippen LogP contribution is 2.25. The Hall–Kier alpha value is -2.67. The lowest BCUT2D eigenvalue weighted by Gasteiger charge is -2.34. The van der Waals surface area contributed by atoms with Crippen molar-refractivity contribution >= 4 is 29.4 Å². The Morgan fingerprint density at radius 1 is 1.04 bits per heavy atom. The molecule has 1 N–H and O–H groups in total. The largest absolute Gasteiger partial charge is 0.369 e. The molecule has 2 aliphatic rings. The predicted molar refractivity (Wildman–Crippen MR) is 112 cm³/mol. The van der Waals surface area contributed by atoms with E-state index >= 15 is 0 Å². The van der Waals surface area contributed by atoms with Crippen molar-refractivity contribution in [3.8, 4) is 0 Å². The minimum atomic E-state index is 0.340. The van der Waals surface area contributed by atoms with E-state index in [1.165, 1.54) is 5.69 Å². The molecule has 1 fully saturated rings. The fourth-order valence-electron chi connectivity index (χ4n) is 3.41. The van der Waals surface area contributed by atoms with Gasteiger partial charge in [0, 0.05) is 56.0 Å². The first-order valence-corrected chi connectivity index (χ1v) is 9.54. The number of fused-ring (bicyclic) bond motifs is 1. The molecule has 0 amide bonds. The molecule has 0 bridgehead atoms. The van der Waals surface area contributed by atoms with E-state index in [2.05, 4.69) is 75.2 Å². The van der Waals surface area contributed by atoms with Gasteiger partial charge in [0.05, 0.1) is 5.56 Å². The van der Waals surface area contributed by atoms with Crippen molar-refractivity contribution in [3.05, 3.63) is 36.0 Å². The Balaban J connectivity index is 1.48. The first kappa shape index (κ1) is 17.7. The Labute approximate surface area is 160 Å². The summed E-state index contributed by atoms with van der Waals surface area (Å²) in [6, 6.07) is 8.86. The van der Waals surface area contributed by atoms with Crippen molar-refractivity contribution in [3.63, 3.8) is 0 Å². The highest BCUT2D eigenvalue weighted by Gasteiger charge is 2.19. The third-order valence-electron chi connectivity index (χ3n) is 5.15. The average Bonchev–Trinajstić information content (AvgIpc) is 2.68. The molecular weight excluding hydrogens is 338 g/mol. The molecule has 142 valence electrons. The summed E-state index contributed by atoms with van der Waals surface area (Å²) in [6.45, 7) is 9.31. The van der Waals surface area contributed by atoms with E-state index in [1.54, 1.807) is 0 Å². The quantitative estimate of drug-likeness (QED) is 0.899. The Bertz CT molecular complexity index is 808. The van der Waals surface area contributed by atoms with Crippen molar-refractivity contribution in [2.24, 2.45) is 4.99 Å². The number of anilines is 4. The second kappa shape index (κ2) is 7.52. The van der Waals surface area contributed by atoms with Crippen molar-refractivity contribution < 1.29 is 0 Å². The van der Waals surface area contributed by atoms with E-state index in [4.69, 9.17) is 4.98 Å². The number of nitrogens with one attached hydrogen (secondary N) is 1. The van der Waals surface area contributed by atoms with E-state index < -0.39 is 0 Å². The third kappa shape index (κ3) is 3.88. The van der Waals surface area contributed by atoms with Crippen molar-refractivity contribution in [1.29, 1.82) is 0 Å². The normalized spacial score (nSPS) is 17.3. The van der Waals surface area contributed by atoms with Gasteiger partial charge in [0.2, 0.25) is 5.95 Å². The summed E-state index contributed by atoms with van der Waals surface area (Å²) in [5.74, 6) is 1.55. The number of aliphatic imine (C=N–C) groups is 1. The zero-order valence-electron chi connectivity index (χ0n) is 16.3. The number of hydrogen-bond donors (Lipinski definition) is 1. The summed E-state index contributed by atoms with van der Waals surface area (Å²) in [5, 5.41) is 3.33. The summed E-state index contributed by atoms with van der Waals surface area (Å²) in [6.07, 6.45) is 3.68. The monoisotopic (exact) mass is 365 g/mol. The standard InChI is InChI=1S/C20H27N7/c1-15(2)27-14-21-12-16-13-22-20(24-19(16)27)23-17-4-6-18(7-5-17)26-10-8-25(3)9-11-26/h4-7,12-13,15H,8-11,14H2,1-3H3,(H,22,23,24). The minimum absolute atomic E-state index is 0.340. The molecule has 0 saturated carbocycles. The smallest absolute Gasteiger partial charge is 0.229 e. The first-order chi connectivity index (χ1) is 13.1. The molecular formula is C20H27N7. The summed E-state index contributed by atoms with van der Waals surface area (Å²) in [4.78, 5) is 20.5. The van der Waals surface area contributed by atoms with Crippen LogP contribution in [0.2, 0.25) is 0 Å². The summed E-state index contributed by atoms with van der Waals surface area (Å²) < 4.78 is 0. The van der Waals surface area contributed by atoms with Crippen LogP contribution >= 0.6 is 0 Å². The van der Waals surface area contributed by atoms with Crippen molar-refractivity contribution in [2.75, 3.05) is 55.0 Å². The van der Waals surface area contributed by atoms with Gasteiger partial charge < -0.3 is 20.0 Å². The average molecular weight is 365 g/mol. The van der Waals surface area contributed by atoms with Gasteiger partial charge in [-0.25, -0.2) is 4.98 Å². The molecule has 27 heavy (non-hydrogen) atoms. The SMILES string of the molecule is CC(C)N1CN=Cc2cnc(Nc3ccc(N4CCN(C)CC4)cc3)nc21. The zero-order valence-corrected chi connectivity index (χ0v) is 16.3. The van der Waals surface area contributed by atoms with Crippen molar-refractivity contribution in [2.45, 2.75) is 19.9 Å². The van der Waals surface area contributed by atoms with Gasteiger partial charge in [-0.1, -0.05) is 0 Å². The van der Waals surface area contributed by atoms with Crippen LogP contribution in [0.3, 0.4) is 0 Å². The van der Waals surface area contributed by atoms with Gasteiger partial charge >= 0.3 is 0 Å². The lowest BCUT2D eigenvalue weighted by molar-refractivity contribution is 0.313. The maximum absolute atomic E-state index is 4.73. The number of likely N-dealkylation sites (N-methyl/N-ethyl adjacent to an activating group) is 1. The van der Waals surface area contributed by atoms with Gasteiger partial charge in [-0.15, -0.1) is 0 Å². The van der Waals surface area contributed by atoms with E-state index in [9.17, 15) is 0 Å². The van der Waals surface area contributed by atoms with E-state index in [-0.39, 0.29) is 0 Å². The number of piperazine rings is 1. The Morgan fingerprint density at radius 3 is 2.48 bits per heavy atom. The van der Waals surface area contributed by atoms with Crippen LogP contribution in [-0.4, -0.2) is 67.0 Å². The van der Waals surface area contributed by atoms with Crippen LogP contribution in [0.5, 0.6) is 0 Å². The van der Waals surface area contributed by atoms with Crippen LogP contribution in [-0.2, 0) is 0 Å². The van der Waals surface area contributed by atoms with Gasteiger partial charge in [0.25, 0.3) is 0 Å². The van der Waals surface area contributed by atoms with Crippen LogP contribution in [0.1, 0.15) is 19.4 Å². The van der Waals surface area contributed by atoms with Crippen LogP contribution < -0.4 is 15.1 Å². The van der Waals surface area contributed by atoms with Gasteiger partial charge in [0.1, 0.15) is 12.5 Å². The molecule has 0 atom stereocenters. The number of hydrogen-bond acceptors (Lipinski definition) is 7. The number of benzene rings is 1. The van der Waals surface area contributed by atoms with Crippen molar-refractivity contribution in [1.82, 2.24) is 14.9 Å². The van der Waals surface area contributed by atoms with Gasteiger partial charge in [-0.2, -0.15) is 4.98 Å². The molecule has 4 rings (SSSR count). The molecule has 3 heterocycles. The predicted octanol–water partition coefficient (Wildman–Crippen LogP) is 2.58. The molecule has 0 aliphatic carbocycles. The maximum atomic E-state index is 4.73. The second-order valence-electron chi connectivity index (χ2n) is 7.45. The minimum Gasteiger partial charge on any atom is -0.369 e. The van der Waals surface area contributed by atoms with E-state index in [0.717, 1.165) is 43.2 Å². The summed E-state index contributed by atoms with van der Waals surface area (Å²) in [5.41, 5.74) is 3.22. The van der Waals surface area contributed by atoms with Gasteiger partial charge in [0.15, 0.2) is 0 Å². The highest BCUT2D eigenvalue weighted by atomic mass is 15.3. The van der Waals surface area contributed by atoms with E-state index in [0.29, 0.717) is 18.7 Å². The molecule has 2 aliphatic heterocycles. The van der Waals surface area contributed by atoms with Crippen LogP contribution in [0.15, 0.2) is 35.5 Å². The van der Waals surface area contributed by atoms with Gasteiger partial charge in [-0.05, 0) is 45.2 Å². The molecule has 0 spiro atoms. The zero-order chi connectivity index (χ0) is 18.8. The van der Waals surface area contributed by atoms with E-state index in [1.807, 2.05) is 12.4 Å². The molecule has 1 aromatic heterocycles. The molecule has 2 aromatic rings. The molecule has 1 aromatic carbocycles. The highest BCUT2D eigenvalue weighted by molar-refractivity contribution is 5.88.